The normalized spacial score (nSPS) is 12.8. The van der Waals surface area contributed by atoms with Gasteiger partial charge in [-0.3, -0.25) is 0 Å². The number of rotatable bonds is 9. The molecule has 30 heteroatoms. The van der Waals surface area contributed by atoms with E-state index in [0.717, 1.165) is 48.5 Å². The predicted molar refractivity (Wildman–Crippen MR) is 356 cm³/mol. The Balaban J connectivity index is 1.04. The largest absolute Gasteiger partial charge is 0.424 e. The van der Waals surface area contributed by atoms with Crippen molar-refractivity contribution >= 4 is 43.6 Å². The SMILES string of the molecule is N#Cc1ccc(-n2c3ccc(-c4c#cc(C(F)(F)F)cc4C(F)(F)F)cc3c3cc(-c4ccc(C(F)(F)F)cc4C(F)(F)F)ccc32)c(-c2cc(-c3cc(C#N)ccc3-n3c4ccc(-c5ccc(C(F)(F)F)cc5C(F)(F)F)cc4c4cc(-c5ccc(C(F)(F)F)cc5C(F)(F)F)ccc43)nc(-c3ccccc3)n2)c1. The molecule has 0 N–H and O–H groups in total. The molecule has 3 aromatic heterocycles. The minimum Gasteiger partial charge on any atom is -0.309 e. The first-order chi connectivity index (χ1) is 51.5. The van der Waals surface area contributed by atoms with Gasteiger partial charge in [0.05, 0.1) is 107 Å². The molecule has 0 saturated carbocycles. The highest BCUT2D eigenvalue weighted by molar-refractivity contribution is 6.14. The molecule has 0 saturated heterocycles. The maximum atomic E-state index is 15.0. The van der Waals surface area contributed by atoms with Crippen molar-refractivity contribution in [1.82, 2.24) is 19.1 Å². The smallest absolute Gasteiger partial charge is 0.309 e. The Morgan fingerprint density at radius 1 is 0.282 bits per heavy atom. The minimum absolute atomic E-state index is 0.0116. The summed E-state index contributed by atoms with van der Waals surface area (Å²) in [6.45, 7) is 0. The van der Waals surface area contributed by atoms with Gasteiger partial charge in [-0.25, -0.2) is 9.97 Å². The topological polar surface area (TPSA) is 83.2 Å². The van der Waals surface area contributed by atoms with Crippen LogP contribution in [0.15, 0.2) is 206 Å². The van der Waals surface area contributed by atoms with Gasteiger partial charge in [-0.1, -0.05) is 84.9 Å². The van der Waals surface area contributed by atoms with Gasteiger partial charge in [-0.2, -0.15) is 116 Å². The van der Waals surface area contributed by atoms with E-state index in [-0.39, 0.29) is 124 Å². The molecule has 552 valence electrons. The molecule has 0 spiro atoms. The molecule has 14 aromatic rings. The third-order valence-electron chi connectivity index (χ3n) is 18.2. The van der Waals surface area contributed by atoms with Gasteiger partial charge in [0, 0.05) is 43.8 Å². The van der Waals surface area contributed by atoms with Crippen LogP contribution in [-0.2, 0) is 49.4 Å². The van der Waals surface area contributed by atoms with Crippen LogP contribution in [0.3, 0.4) is 0 Å². The maximum Gasteiger partial charge on any atom is 0.424 e. The average Bonchev–Trinajstić information content (AvgIpc) is 1.56. The minimum atomic E-state index is -5.50. The number of hydrogen-bond donors (Lipinski definition) is 0. The van der Waals surface area contributed by atoms with Crippen molar-refractivity contribution in [3.05, 3.63) is 274 Å². The van der Waals surface area contributed by atoms with Gasteiger partial charge in [0.2, 0.25) is 0 Å². The van der Waals surface area contributed by atoms with Crippen LogP contribution in [-0.4, -0.2) is 19.1 Å². The summed E-state index contributed by atoms with van der Waals surface area (Å²) in [4.78, 5) is 9.91. The Morgan fingerprint density at radius 3 is 0.955 bits per heavy atom. The molecule has 0 aliphatic carbocycles. The second kappa shape index (κ2) is 26.0. The summed E-state index contributed by atoms with van der Waals surface area (Å²) in [5, 5.41) is 20.7. The quantitative estimate of drug-likeness (QED) is 0.135. The van der Waals surface area contributed by atoms with E-state index in [1.54, 1.807) is 36.4 Å². The lowest BCUT2D eigenvalue weighted by molar-refractivity contribution is -0.144. The fourth-order valence-corrected chi connectivity index (χ4v) is 13.3. The number of benzene rings is 10. The molecular formula is C80H34F24N6. The number of nitrogens with zero attached hydrogens (tertiary/aromatic N) is 6. The van der Waals surface area contributed by atoms with Gasteiger partial charge in [-0.05, 0) is 172 Å². The zero-order valence-electron chi connectivity index (χ0n) is 54.4. The Kier molecular flexibility index (Phi) is 17.5. The van der Waals surface area contributed by atoms with Crippen LogP contribution in [0, 0.1) is 34.8 Å². The highest BCUT2D eigenvalue weighted by Gasteiger charge is 2.44. The van der Waals surface area contributed by atoms with Gasteiger partial charge >= 0.3 is 49.4 Å². The molecule has 110 heavy (non-hydrogen) atoms. The van der Waals surface area contributed by atoms with Crippen LogP contribution in [0.2, 0.25) is 0 Å². The average molecular weight is 1540 g/mol. The summed E-state index contributed by atoms with van der Waals surface area (Å²) in [6.07, 6.45) is -43.1. The maximum absolute atomic E-state index is 15.0. The first-order valence-electron chi connectivity index (χ1n) is 31.7. The van der Waals surface area contributed by atoms with Gasteiger partial charge in [0.1, 0.15) is 5.56 Å². The van der Waals surface area contributed by atoms with E-state index >= 15 is 0 Å². The summed E-state index contributed by atoms with van der Waals surface area (Å²) in [5.74, 6) is -0.149. The molecule has 0 radical (unpaired) electrons. The zero-order valence-corrected chi connectivity index (χ0v) is 54.4. The summed E-state index contributed by atoms with van der Waals surface area (Å²) in [5.41, 5.74) is -19.7. The summed E-state index contributed by atoms with van der Waals surface area (Å²) in [7, 11) is 0. The van der Waals surface area contributed by atoms with E-state index in [1.165, 1.54) is 75.9 Å². The van der Waals surface area contributed by atoms with Crippen molar-refractivity contribution in [2.45, 2.75) is 49.4 Å². The fourth-order valence-electron chi connectivity index (χ4n) is 13.3. The van der Waals surface area contributed by atoms with Gasteiger partial charge in [0.25, 0.3) is 0 Å². The van der Waals surface area contributed by atoms with Crippen LogP contribution >= 0.6 is 0 Å². The summed E-state index contributed by atoms with van der Waals surface area (Å²) < 4.78 is 351. The first kappa shape index (κ1) is 74.1. The Morgan fingerprint density at radius 2 is 0.627 bits per heavy atom. The van der Waals surface area contributed by atoms with Gasteiger partial charge in [0.15, 0.2) is 5.82 Å². The number of nitriles is 2. The van der Waals surface area contributed by atoms with Crippen molar-refractivity contribution < 1.29 is 105 Å². The molecule has 0 unspecified atom stereocenters. The molecule has 3 heterocycles. The molecule has 0 fully saturated rings. The van der Waals surface area contributed by atoms with E-state index < -0.39 is 138 Å². The van der Waals surface area contributed by atoms with Crippen LogP contribution in [0.1, 0.15) is 55.6 Å². The van der Waals surface area contributed by atoms with Crippen LogP contribution in [0.5, 0.6) is 0 Å². The van der Waals surface area contributed by atoms with Crippen LogP contribution in [0.4, 0.5) is 105 Å². The summed E-state index contributed by atoms with van der Waals surface area (Å²) in [6, 6.07) is 40.4. The molecule has 0 aliphatic rings. The van der Waals surface area contributed by atoms with E-state index in [4.69, 9.17) is 9.97 Å². The van der Waals surface area contributed by atoms with Crippen molar-refractivity contribution in [1.29, 1.82) is 10.5 Å². The van der Waals surface area contributed by atoms with E-state index in [2.05, 4.69) is 0 Å². The molecule has 0 bridgehead atoms. The van der Waals surface area contributed by atoms with Crippen molar-refractivity contribution in [2.75, 3.05) is 0 Å². The number of halogens is 24. The fraction of sp³-hybridized carbons (Fsp3) is 0.100. The van der Waals surface area contributed by atoms with Gasteiger partial charge in [-0.15, -0.1) is 0 Å². The molecule has 0 atom stereocenters. The monoisotopic (exact) mass is 1530 g/mol. The lowest BCUT2D eigenvalue weighted by atomic mass is 9.94. The Hall–Kier alpha value is -12.8. The highest BCUT2D eigenvalue weighted by atomic mass is 19.4. The first-order valence-corrected chi connectivity index (χ1v) is 31.7. The van der Waals surface area contributed by atoms with Crippen LogP contribution in [0.25, 0.3) is 133 Å². The molecule has 0 aliphatic heterocycles. The van der Waals surface area contributed by atoms with Crippen molar-refractivity contribution in [3.8, 4) is 102 Å². The van der Waals surface area contributed by atoms with E-state index in [1.807, 2.05) is 18.2 Å². The zero-order chi connectivity index (χ0) is 79.1. The number of alkyl halides is 24. The Labute approximate surface area is 601 Å². The van der Waals surface area contributed by atoms with Gasteiger partial charge < -0.3 is 9.13 Å². The molecule has 11 aromatic carbocycles. The lowest BCUT2D eigenvalue weighted by Gasteiger charge is -2.18. The standard InChI is InChI=1S/C80H34F24N6/c81-73(82,83)46-12-16-50(60(32-46)77(93,94)95)42-8-22-66-54(28-42)55-29-43(51-17-13-47(74(84,85)86)33-61(51)78(96,97)98)9-23-67(55)109(66)70-20-6-39(37-105)26-58(70)64-36-65(108-72(107-64)41-4-2-1-3-5-41)59-27-40(38-106)7-21-71(59)110-68-24-10-44(52-18-14-48(75(87,88)89)34-62(52)79(99,100)101)30-56(68)57-31-45(11-25-69(57)110)53-19-15-49(76(90,91)92)35-63(53)80(102,103)104/h1-14,16-18,20-36H. The second-order valence-electron chi connectivity index (χ2n) is 25.0. The van der Waals surface area contributed by atoms with E-state index in [0.29, 0.717) is 36.4 Å². The molecular weight excluding hydrogens is 1500 g/mol. The number of aromatic nitrogens is 4. The third kappa shape index (κ3) is 13.6. The van der Waals surface area contributed by atoms with Crippen molar-refractivity contribution in [3.63, 3.8) is 0 Å². The molecule has 14 rings (SSSR count). The molecule has 0 amide bonds. The van der Waals surface area contributed by atoms with E-state index in [9.17, 15) is 116 Å². The second-order valence-corrected chi connectivity index (χ2v) is 25.0. The summed E-state index contributed by atoms with van der Waals surface area (Å²) >= 11 is 0. The van der Waals surface area contributed by atoms with Crippen LogP contribution < -0.4 is 0 Å². The van der Waals surface area contributed by atoms with Crippen molar-refractivity contribution in [2.24, 2.45) is 0 Å². The Bertz CT molecular complexity index is 5570. The number of hydrogen-bond acceptors (Lipinski definition) is 4. The molecule has 6 nitrogen and oxygen atoms in total. The number of fused-ring (bicyclic) bond motifs is 6. The highest BCUT2D eigenvalue weighted by Crippen LogP contribution is 2.51. The third-order valence-corrected chi connectivity index (χ3v) is 18.2. The lowest BCUT2D eigenvalue weighted by Crippen LogP contribution is -2.12. The predicted octanol–water partition coefficient (Wildman–Crippen LogP) is 25.8.